The van der Waals surface area contributed by atoms with E-state index in [0.29, 0.717) is 12.4 Å². The van der Waals surface area contributed by atoms with Crippen molar-refractivity contribution in [2.75, 3.05) is 6.61 Å². The third kappa shape index (κ3) is 4.15. The Bertz CT molecular complexity index is 980. The van der Waals surface area contributed by atoms with E-state index in [9.17, 15) is 8.42 Å². The van der Waals surface area contributed by atoms with E-state index in [1.165, 1.54) is 0 Å². The van der Waals surface area contributed by atoms with Crippen molar-refractivity contribution in [3.05, 3.63) is 70.4 Å². The van der Waals surface area contributed by atoms with Gasteiger partial charge < -0.3 is 4.74 Å². The van der Waals surface area contributed by atoms with Crippen molar-refractivity contribution >= 4 is 21.4 Å². The van der Waals surface area contributed by atoms with Gasteiger partial charge in [0.1, 0.15) is 5.75 Å². The summed E-state index contributed by atoms with van der Waals surface area (Å²) in [6, 6.07) is 14.8. The Balaban J connectivity index is 1.81. The fourth-order valence-electron chi connectivity index (χ4n) is 2.74. The number of hydrogen-bond acceptors (Lipinski definition) is 4. The zero-order chi connectivity index (χ0) is 18.6. The minimum Gasteiger partial charge on any atom is -0.494 e. The van der Waals surface area contributed by atoms with Crippen LogP contribution in [0.1, 0.15) is 18.1 Å². The van der Waals surface area contributed by atoms with E-state index in [1.807, 2.05) is 49.6 Å². The topological polar surface area (TPSA) is 55.4 Å². The lowest BCUT2D eigenvalue weighted by Crippen LogP contribution is -2.23. The number of sulfonamides is 1. The molecule has 0 unspecified atom stereocenters. The van der Waals surface area contributed by atoms with Crippen molar-refractivity contribution in [1.29, 1.82) is 0 Å². The summed E-state index contributed by atoms with van der Waals surface area (Å²) < 4.78 is 33.5. The van der Waals surface area contributed by atoms with Gasteiger partial charge in [0, 0.05) is 6.54 Å². The zero-order valence-electron chi connectivity index (χ0n) is 14.7. The molecular formula is C20H21NO3S2. The van der Waals surface area contributed by atoms with Crippen LogP contribution in [0.2, 0.25) is 0 Å². The van der Waals surface area contributed by atoms with Gasteiger partial charge in [-0.15, -0.1) is 0 Å². The molecule has 0 aliphatic carbocycles. The highest BCUT2D eigenvalue weighted by molar-refractivity contribution is 7.89. The summed E-state index contributed by atoms with van der Waals surface area (Å²) in [5.74, 6) is 0.703. The zero-order valence-corrected chi connectivity index (χ0v) is 16.4. The molecular weight excluding hydrogens is 366 g/mol. The molecule has 0 radical (unpaired) electrons. The first-order valence-electron chi connectivity index (χ1n) is 8.35. The van der Waals surface area contributed by atoms with Gasteiger partial charge in [-0.25, -0.2) is 13.1 Å². The van der Waals surface area contributed by atoms with E-state index in [0.717, 1.165) is 22.3 Å². The quantitative estimate of drug-likeness (QED) is 0.644. The highest BCUT2D eigenvalue weighted by Crippen LogP contribution is 2.26. The molecule has 3 aromatic rings. The minimum absolute atomic E-state index is 0.237. The maximum Gasteiger partial charge on any atom is 0.240 e. The van der Waals surface area contributed by atoms with Crippen LogP contribution < -0.4 is 9.46 Å². The molecule has 0 atom stereocenters. The van der Waals surface area contributed by atoms with Gasteiger partial charge in [0.15, 0.2) is 0 Å². The number of nitrogens with one attached hydrogen (secondary N) is 1. The Hall–Kier alpha value is -2.15. The standard InChI is InChI=1S/C20H21NO3S2/c1-3-24-20-9-8-18(12-15(20)2)26(22,23)21-13-16-6-4-5-7-19(16)17-10-11-25-14-17/h4-12,14,21H,3,13H2,1-2H3. The van der Waals surface area contributed by atoms with Crippen LogP contribution in [0.15, 0.2) is 64.2 Å². The fraction of sp³-hybridized carbons (Fsp3) is 0.200. The molecule has 6 heteroatoms. The maximum absolute atomic E-state index is 12.7. The molecule has 26 heavy (non-hydrogen) atoms. The van der Waals surface area contributed by atoms with E-state index in [1.54, 1.807) is 29.5 Å². The van der Waals surface area contributed by atoms with Gasteiger partial charge >= 0.3 is 0 Å². The molecule has 0 fully saturated rings. The Morgan fingerprint density at radius 3 is 2.62 bits per heavy atom. The number of rotatable bonds is 7. The summed E-state index contributed by atoms with van der Waals surface area (Å²) in [5, 5.41) is 4.07. The Kier molecular flexibility index (Phi) is 5.76. The SMILES string of the molecule is CCOc1ccc(S(=O)(=O)NCc2ccccc2-c2ccsc2)cc1C. The second kappa shape index (κ2) is 8.03. The summed E-state index contributed by atoms with van der Waals surface area (Å²) in [6.45, 7) is 4.53. The second-order valence-corrected chi connectivity index (χ2v) is 8.40. The van der Waals surface area contributed by atoms with Crippen LogP contribution in [0.4, 0.5) is 0 Å². The lowest BCUT2D eigenvalue weighted by molar-refractivity contribution is 0.337. The van der Waals surface area contributed by atoms with Gasteiger partial charge in [-0.2, -0.15) is 11.3 Å². The molecule has 1 heterocycles. The van der Waals surface area contributed by atoms with Crippen molar-refractivity contribution in [1.82, 2.24) is 4.72 Å². The van der Waals surface area contributed by atoms with Gasteiger partial charge in [-0.1, -0.05) is 24.3 Å². The average Bonchev–Trinajstić information content (AvgIpc) is 3.16. The highest BCUT2D eigenvalue weighted by atomic mass is 32.2. The van der Waals surface area contributed by atoms with Crippen LogP contribution in [-0.2, 0) is 16.6 Å². The van der Waals surface area contributed by atoms with Crippen LogP contribution in [0.3, 0.4) is 0 Å². The van der Waals surface area contributed by atoms with E-state index in [4.69, 9.17) is 4.74 Å². The van der Waals surface area contributed by atoms with Gasteiger partial charge in [0.05, 0.1) is 11.5 Å². The van der Waals surface area contributed by atoms with Crippen molar-refractivity contribution in [2.45, 2.75) is 25.3 Å². The van der Waals surface area contributed by atoms with E-state index in [2.05, 4.69) is 10.1 Å². The molecule has 0 spiro atoms. The first-order chi connectivity index (χ1) is 12.5. The molecule has 2 aromatic carbocycles. The molecule has 4 nitrogen and oxygen atoms in total. The molecule has 136 valence electrons. The van der Waals surface area contributed by atoms with Crippen molar-refractivity contribution in [3.63, 3.8) is 0 Å². The number of aryl methyl sites for hydroxylation is 1. The van der Waals surface area contributed by atoms with Crippen molar-refractivity contribution in [3.8, 4) is 16.9 Å². The molecule has 0 aliphatic rings. The van der Waals surface area contributed by atoms with Crippen LogP contribution in [0, 0.1) is 6.92 Å². The lowest BCUT2D eigenvalue weighted by atomic mass is 10.0. The molecule has 0 aliphatic heterocycles. The number of thiophene rings is 1. The smallest absolute Gasteiger partial charge is 0.240 e. The summed E-state index contributed by atoms with van der Waals surface area (Å²) in [4.78, 5) is 0.242. The van der Waals surface area contributed by atoms with Crippen LogP contribution in [0.25, 0.3) is 11.1 Å². The monoisotopic (exact) mass is 387 g/mol. The Labute approximate surface area is 158 Å². The lowest BCUT2D eigenvalue weighted by Gasteiger charge is -2.12. The second-order valence-electron chi connectivity index (χ2n) is 5.85. The van der Waals surface area contributed by atoms with Crippen LogP contribution in [0.5, 0.6) is 5.75 Å². The number of hydrogen-bond donors (Lipinski definition) is 1. The van der Waals surface area contributed by atoms with Gasteiger partial charge in [0.2, 0.25) is 10.0 Å². The van der Waals surface area contributed by atoms with Crippen molar-refractivity contribution < 1.29 is 13.2 Å². The Morgan fingerprint density at radius 2 is 1.92 bits per heavy atom. The molecule has 0 amide bonds. The van der Waals surface area contributed by atoms with Gasteiger partial charge in [0.25, 0.3) is 0 Å². The highest BCUT2D eigenvalue weighted by Gasteiger charge is 2.16. The summed E-state index contributed by atoms with van der Waals surface area (Å²) in [5.41, 5.74) is 3.88. The number of benzene rings is 2. The van der Waals surface area contributed by atoms with E-state index < -0.39 is 10.0 Å². The molecule has 3 rings (SSSR count). The number of ether oxygens (including phenoxy) is 1. The predicted molar refractivity (Wildman–Crippen MR) is 106 cm³/mol. The van der Waals surface area contributed by atoms with Gasteiger partial charge in [-0.3, -0.25) is 0 Å². The van der Waals surface area contributed by atoms with Crippen LogP contribution >= 0.6 is 11.3 Å². The maximum atomic E-state index is 12.7. The first-order valence-corrected chi connectivity index (χ1v) is 10.8. The normalized spacial score (nSPS) is 11.5. The predicted octanol–water partition coefficient (Wildman–Crippen LogP) is 4.60. The molecule has 0 saturated heterocycles. The largest absolute Gasteiger partial charge is 0.494 e. The first kappa shape index (κ1) is 18.6. The summed E-state index contributed by atoms with van der Waals surface area (Å²) >= 11 is 1.62. The van der Waals surface area contributed by atoms with Crippen molar-refractivity contribution in [2.24, 2.45) is 0 Å². The summed E-state index contributed by atoms with van der Waals surface area (Å²) in [7, 11) is -3.60. The molecule has 1 aromatic heterocycles. The summed E-state index contributed by atoms with van der Waals surface area (Å²) in [6.07, 6.45) is 0. The fourth-order valence-corrected chi connectivity index (χ4v) is 4.48. The molecule has 0 bridgehead atoms. The molecule has 1 N–H and O–H groups in total. The third-order valence-corrected chi connectivity index (χ3v) is 6.14. The van der Waals surface area contributed by atoms with E-state index in [-0.39, 0.29) is 11.4 Å². The average molecular weight is 388 g/mol. The van der Waals surface area contributed by atoms with Crippen LogP contribution in [-0.4, -0.2) is 15.0 Å². The van der Waals surface area contributed by atoms with E-state index >= 15 is 0 Å². The minimum atomic E-state index is -3.60. The third-order valence-electron chi connectivity index (χ3n) is 4.06. The molecule has 0 saturated carbocycles. The van der Waals surface area contributed by atoms with Gasteiger partial charge in [-0.05, 0) is 71.1 Å². The Morgan fingerprint density at radius 1 is 1.12 bits per heavy atom.